The number of benzene rings is 1. The van der Waals surface area contributed by atoms with Gasteiger partial charge < -0.3 is 5.32 Å². The molecule has 16 heavy (non-hydrogen) atoms. The van der Waals surface area contributed by atoms with E-state index in [9.17, 15) is 0 Å². The molecule has 0 aliphatic heterocycles. The van der Waals surface area contributed by atoms with Gasteiger partial charge >= 0.3 is 0 Å². The van der Waals surface area contributed by atoms with E-state index in [4.69, 9.17) is 11.6 Å². The molecule has 1 aromatic carbocycles. The molecule has 1 heterocycles. The normalized spacial score (nSPS) is 10.2. The first-order valence-corrected chi connectivity index (χ1v) is 5.37. The van der Waals surface area contributed by atoms with Crippen LogP contribution in [0.3, 0.4) is 0 Å². The van der Waals surface area contributed by atoms with E-state index in [1.807, 2.05) is 44.2 Å². The van der Waals surface area contributed by atoms with Gasteiger partial charge in [-0.05, 0) is 26.0 Å². The Hall–Kier alpha value is -1.61. The summed E-state index contributed by atoms with van der Waals surface area (Å²) in [5.74, 6) is 1.41. The fraction of sp³-hybridized carbons (Fsp3) is 0.167. The van der Waals surface area contributed by atoms with Crippen molar-refractivity contribution in [3.8, 4) is 0 Å². The van der Waals surface area contributed by atoms with Crippen molar-refractivity contribution >= 4 is 23.1 Å². The van der Waals surface area contributed by atoms with Gasteiger partial charge in [0.05, 0.1) is 0 Å². The lowest BCUT2D eigenvalue weighted by Crippen LogP contribution is -2.00. The fourth-order valence-electron chi connectivity index (χ4n) is 1.37. The number of anilines is 2. The molecule has 0 bridgehead atoms. The average molecular weight is 234 g/mol. The standard InChI is InChI=1S/C12H12ClN3/c1-8-11(13)14-9(2)15-12(8)16-10-6-4-3-5-7-10/h3-7H,1-2H3,(H,14,15,16). The van der Waals surface area contributed by atoms with Gasteiger partial charge in [0.25, 0.3) is 0 Å². The Morgan fingerprint density at radius 3 is 2.44 bits per heavy atom. The molecule has 4 heteroatoms. The highest BCUT2D eigenvalue weighted by atomic mass is 35.5. The van der Waals surface area contributed by atoms with Crippen molar-refractivity contribution in [2.45, 2.75) is 13.8 Å². The highest BCUT2D eigenvalue weighted by molar-refractivity contribution is 6.30. The molecule has 0 aliphatic rings. The van der Waals surface area contributed by atoms with Gasteiger partial charge in [-0.15, -0.1) is 0 Å². The molecule has 1 N–H and O–H groups in total. The molecule has 0 saturated carbocycles. The number of rotatable bonds is 2. The maximum absolute atomic E-state index is 5.99. The number of aromatic nitrogens is 2. The number of para-hydroxylation sites is 1. The van der Waals surface area contributed by atoms with E-state index in [1.165, 1.54) is 0 Å². The van der Waals surface area contributed by atoms with Crippen LogP contribution in [-0.4, -0.2) is 9.97 Å². The molecule has 0 saturated heterocycles. The molecule has 1 aromatic heterocycles. The molecule has 0 radical (unpaired) electrons. The molecule has 0 aliphatic carbocycles. The van der Waals surface area contributed by atoms with E-state index in [0.717, 1.165) is 17.1 Å². The zero-order chi connectivity index (χ0) is 11.5. The lowest BCUT2D eigenvalue weighted by atomic mass is 10.3. The molecule has 82 valence electrons. The smallest absolute Gasteiger partial charge is 0.138 e. The highest BCUT2D eigenvalue weighted by Gasteiger charge is 2.06. The molecule has 2 rings (SSSR count). The summed E-state index contributed by atoms with van der Waals surface area (Å²) in [6, 6.07) is 9.85. The summed E-state index contributed by atoms with van der Waals surface area (Å²) in [6.45, 7) is 3.72. The fourth-order valence-corrected chi connectivity index (χ4v) is 1.59. The van der Waals surface area contributed by atoms with E-state index in [1.54, 1.807) is 0 Å². The quantitative estimate of drug-likeness (QED) is 0.807. The molecule has 3 nitrogen and oxygen atoms in total. The van der Waals surface area contributed by atoms with Crippen molar-refractivity contribution < 1.29 is 0 Å². The van der Waals surface area contributed by atoms with Gasteiger partial charge in [-0.3, -0.25) is 0 Å². The Balaban J connectivity index is 2.35. The maximum Gasteiger partial charge on any atom is 0.138 e. The maximum atomic E-state index is 5.99. The second-order valence-electron chi connectivity index (χ2n) is 3.53. The van der Waals surface area contributed by atoms with Crippen molar-refractivity contribution in [1.29, 1.82) is 0 Å². The average Bonchev–Trinajstić information content (AvgIpc) is 2.27. The number of aryl methyl sites for hydroxylation is 1. The zero-order valence-electron chi connectivity index (χ0n) is 9.16. The van der Waals surface area contributed by atoms with E-state index in [0.29, 0.717) is 11.0 Å². The van der Waals surface area contributed by atoms with Crippen molar-refractivity contribution in [3.05, 3.63) is 46.9 Å². The molecular formula is C12H12ClN3. The summed E-state index contributed by atoms with van der Waals surface area (Å²) in [4.78, 5) is 8.41. The van der Waals surface area contributed by atoms with Crippen LogP contribution in [0.5, 0.6) is 0 Å². The van der Waals surface area contributed by atoms with Crippen LogP contribution in [0.2, 0.25) is 5.15 Å². The molecule has 0 amide bonds. The van der Waals surface area contributed by atoms with Crippen molar-refractivity contribution in [2.75, 3.05) is 5.32 Å². The number of hydrogen-bond acceptors (Lipinski definition) is 3. The molecule has 0 spiro atoms. The van der Waals surface area contributed by atoms with Crippen LogP contribution in [0.25, 0.3) is 0 Å². The van der Waals surface area contributed by atoms with Crippen LogP contribution in [0.4, 0.5) is 11.5 Å². The van der Waals surface area contributed by atoms with Crippen LogP contribution >= 0.6 is 11.6 Å². The molecular weight excluding hydrogens is 222 g/mol. The third kappa shape index (κ3) is 2.31. The summed E-state index contributed by atoms with van der Waals surface area (Å²) >= 11 is 5.99. The molecule has 0 unspecified atom stereocenters. The molecule has 2 aromatic rings. The van der Waals surface area contributed by atoms with Crippen LogP contribution in [-0.2, 0) is 0 Å². The molecule has 0 fully saturated rings. The van der Waals surface area contributed by atoms with Crippen molar-refractivity contribution in [3.63, 3.8) is 0 Å². The predicted molar refractivity (Wildman–Crippen MR) is 66.2 cm³/mol. The predicted octanol–water partition coefficient (Wildman–Crippen LogP) is 3.49. The van der Waals surface area contributed by atoms with E-state index in [2.05, 4.69) is 15.3 Å². The van der Waals surface area contributed by atoms with Crippen LogP contribution in [0.1, 0.15) is 11.4 Å². The SMILES string of the molecule is Cc1nc(Cl)c(C)c(Nc2ccccc2)n1. The number of nitrogens with zero attached hydrogens (tertiary/aromatic N) is 2. The largest absolute Gasteiger partial charge is 0.340 e. The Kier molecular flexibility index (Phi) is 3.06. The topological polar surface area (TPSA) is 37.8 Å². The van der Waals surface area contributed by atoms with Gasteiger partial charge in [0.1, 0.15) is 16.8 Å². The van der Waals surface area contributed by atoms with Gasteiger partial charge in [0, 0.05) is 11.3 Å². The van der Waals surface area contributed by atoms with Crippen molar-refractivity contribution in [1.82, 2.24) is 9.97 Å². The number of nitrogens with one attached hydrogen (secondary N) is 1. The summed E-state index contributed by atoms with van der Waals surface area (Å²) in [6.07, 6.45) is 0. The Labute approximate surface area is 99.5 Å². The lowest BCUT2D eigenvalue weighted by molar-refractivity contribution is 1.04. The van der Waals surface area contributed by atoms with Crippen molar-refractivity contribution in [2.24, 2.45) is 0 Å². The van der Waals surface area contributed by atoms with Gasteiger partial charge in [-0.1, -0.05) is 29.8 Å². The molecule has 0 atom stereocenters. The van der Waals surface area contributed by atoms with E-state index >= 15 is 0 Å². The second-order valence-corrected chi connectivity index (χ2v) is 3.88. The summed E-state index contributed by atoms with van der Waals surface area (Å²) in [7, 11) is 0. The second kappa shape index (κ2) is 4.49. The minimum atomic E-state index is 0.492. The first-order valence-electron chi connectivity index (χ1n) is 4.99. The van der Waals surface area contributed by atoms with Crippen LogP contribution < -0.4 is 5.32 Å². The first-order chi connectivity index (χ1) is 7.66. The summed E-state index contributed by atoms with van der Waals surface area (Å²) in [5.41, 5.74) is 1.84. The van der Waals surface area contributed by atoms with E-state index < -0.39 is 0 Å². The minimum absolute atomic E-state index is 0.492. The Morgan fingerprint density at radius 1 is 1.06 bits per heavy atom. The van der Waals surface area contributed by atoms with Gasteiger partial charge in [0.15, 0.2) is 0 Å². The van der Waals surface area contributed by atoms with Gasteiger partial charge in [-0.25, -0.2) is 9.97 Å². The van der Waals surface area contributed by atoms with Gasteiger partial charge in [-0.2, -0.15) is 0 Å². The number of hydrogen-bond donors (Lipinski definition) is 1. The van der Waals surface area contributed by atoms with Crippen LogP contribution in [0.15, 0.2) is 30.3 Å². The Morgan fingerprint density at radius 2 is 1.75 bits per heavy atom. The van der Waals surface area contributed by atoms with Crippen LogP contribution in [0, 0.1) is 13.8 Å². The summed E-state index contributed by atoms with van der Waals surface area (Å²) < 4.78 is 0. The Bertz CT molecular complexity index is 497. The number of halogens is 1. The highest BCUT2D eigenvalue weighted by Crippen LogP contribution is 2.22. The third-order valence-corrected chi connectivity index (χ3v) is 2.60. The summed E-state index contributed by atoms with van der Waals surface area (Å²) in [5, 5.41) is 3.71. The monoisotopic (exact) mass is 233 g/mol. The zero-order valence-corrected chi connectivity index (χ0v) is 9.92. The minimum Gasteiger partial charge on any atom is -0.340 e. The lowest BCUT2D eigenvalue weighted by Gasteiger charge is -2.09. The first kappa shape index (κ1) is 10.9. The third-order valence-electron chi connectivity index (χ3n) is 2.23. The van der Waals surface area contributed by atoms with Gasteiger partial charge in [0.2, 0.25) is 0 Å². The van der Waals surface area contributed by atoms with E-state index in [-0.39, 0.29) is 0 Å².